The molecule has 0 bridgehead atoms. The van der Waals surface area contributed by atoms with E-state index in [2.05, 4.69) is 15.4 Å². The zero-order chi connectivity index (χ0) is 17.5. The quantitative estimate of drug-likeness (QED) is 0.806. The second kappa shape index (κ2) is 8.40. The number of rotatable bonds is 7. The third-order valence-corrected chi connectivity index (χ3v) is 2.64. The molecule has 1 aromatic carbocycles. The number of ether oxygens (including phenoxy) is 1. The van der Waals surface area contributed by atoms with Crippen LogP contribution in [0.2, 0.25) is 0 Å². The first-order valence-electron chi connectivity index (χ1n) is 7.11. The van der Waals surface area contributed by atoms with E-state index in [1.165, 1.54) is 18.2 Å². The lowest BCUT2D eigenvalue weighted by atomic mass is 10.2. The molecule has 0 saturated carbocycles. The Morgan fingerprint density at radius 1 is 1.13 bits per heavy atom. The zero-order valence-corrected chi connectivity index (χ0v) is 12.9. The van der Waals surface area contributed by atoms with Crippen molar-refractivity contribution < 1.29 is 27.5 Å². The Kier molecular flexibility index (Phi) is 6.87. The van der Waals surface area contributed by atoms with Gasteiger partial charge >= 0.3 is 6.36 Å². The van der Waals surface area contributed by atoms with Crippen molar-refractivity contribution in [1.82, 2.24) is 5.32 Å². The Morgan fingerprint density at radius 2 is 1.74 bits per heavy atom. The third kappa shape index (κ3) is 8.08. The number of alkyl halides is 3. The number of amides is 2. The molecule has 0 fully saturated rings. The highest BCUT2D eigenvalue weighted by molar-refractivity contribution is 5.92. The number of hydrogen-bond acceptors (Lipinski definition) is 3. The summed E-state index contributed by atoms with van der Waals surface area (Å²) in [5, 5.41) is 5.04. The molecular weight excluding hydrogens is 313 g/mol. The molecule has 8 heteroatoms. The maximum atomic E-state index is 12.3. The van der Waals surface area contributed by atoms with Gasteiger partial charge in [0.05, 0.1) is 5.69 Å². The molecule has 0 aliphatic carbocycles. The molecule has 0 radical (unpaired) electrons. The van der Waals surface area contributed by atoms with Gasteiger partial charge in [0.15, 0.2) is 5.75 Å². The van der Waals surface area contributed by atoms with Gasteiger partial charge in [-0.1, -0.05) is 12.1 Å². The summed E-state index contributed by atoms with van der Waals surface area (Å²) in [5.74, 6) is -1.14. The lowest BCUT2D eigenvalue weighted by molar-refractivity contribution is -0.274. The Balaban J connectivity index is 2.50. The number of benzene rings is 1. The fourth-order valence-electron chi connectivity index (χ4n) is 1.80. The maximum absolute atomic E-state index is 12.3. The molecule has 1 aromatic rings. The molecule has 23 heavy (non-hydrogen) atoms. The van der Waals surface area contributed by atoms with Gasteiger partial charge in [-0.3, -0.25) is 9.59 Å². The predicted molar refractivity (Wildman–Crippen MR) is 78.9 cm³/mol. The first kappa shape index (κ1) is 18.8. The minimum Gasteiger partial charge on any atom is -0.404 e. The van der Waals surface area contributed by atoms with Crippen LogP contribution in [-0.4, -0.2) is 24.2 Å². The van der Waals surface area contributed by atoms with Crippen molar-refractivity contribution in [2.45, 2.75) is 45.5 Å². The summed E-state index contributed by atoms with van der Waals surface area (Å²) in [5.41, 5.74) is -0.0681. The van der Waals surface area contributed by atoms with E-state index >= 15 is 0 Å². The lowest BCUT2D eigenvalue weighted by Gasteiger charge is -2.13. The Morgan fingerprint density at radius 3 is 2.35 bits per heavy atom. The van der Waals surface area contributed by atoms with Crippen molar-refractivity contribution in [3.63, 3.8) is 0 Å². The average Bonchev–Trinajstić information content (AvgIpc) is 2.38. The summed E-state index contributed by atoms with van der Waals surface area (Å²) in [6.07, 6.45) is -4.35. The summed E-state index contributed by atoms with van der Waals surface area (Å²) in [6, 6.07) is 5.29. The number of nitrogens with one attached hydrogen (secondary N) is 2. The molecule has 2 N–H and O–H groups in total. The van der Waals surface area contributed by atoms with Crippen molar-refractivity contribution in [3.05, 3.63) is 24.3 Å². The molecular formula is C15H19F3N2O3. The molecule has 0 heterocycles. The van der Waals surface area contributed by atoms with Gasteiger partial charge < -0.3 is 15.4 Å². The molecule has 128 valence electrons. The highest BCUT2D eigenvalue weighted by atomic mass is 19.4. The number of carbonyl (C=O) groups excluding carboxylic acids is 2. The molecule has 0 aliphatic rings. The van der Waals surface area contributed by atoms with E-state index in [1.54, 1.807) is 0 Å². The van der Waals surface area contributed by atoms with Gasteiger partial charge in [-0.2, -0.15) is 0 Å². The maximum Gasteiger partial charge on any atom is 0.573 e. The molecule has 2 amide bonds. The van der Waals surface area contributed by atoms with Crippen molar-refractivity contribution in [1.29, 1.82) is 0 Å². The average molecular weight is 332 g/mol. The summed E-state index contributed by atoms with van der Waals surface area (Å²) >= 11 is 0. The molecule has 0 saturated heterocycles. The minimum absolute atomic E-state index is 0.0164. The topological polar surface area (TPSA) is 67.4 Å². The SMILES string of the molecule is CC(C)NC(=O)CCCC(=O)Nc1ccccc1OC(F)(F)F. The second-order valence-electron chi connectivity index (χ2n) is 5.17. The smallest absolute Gasteiger partial charge is 0.404 e. The van der Waals surface area contributed by atoms with Crippen LogP contribution in [0, 0.1) is 0 Å². The fraction of sp³-hybridized carbons (Fsp3) is 0.467. The van der Waals surface area contributed by atoms with Crippen LogP contribution >= 0.6 is 0 Å². The highest BCUT2D eigenvalue weighted by Crippen LogP contribution is 2.29. The minimum atomic E-state index is -4.84. The lowest BCUT2D eigenvalue weighted by Crippen LogP contribution is -2.30. The van der Waals surface area contributed by atoms with Crippen LogP contribution in [0.15, 0.2) is 24.3 Å². The fourth-order valence-corrected chi connectivity index (χ4v) is 1.80. The van der Waals surface area contributed by atoms with Gasteiger partial charge in [0, 0.05) is 18.9 Å². The van der Waals surface area contributed by atoms with E-state index in [9.17, 15) is 22.8 Å². The third-order valence-electron chi connectivity index (χ3n) is 2.64. The molecule has 0 aromatic heterocycles. The van der Waals surface area contributed by atoms with Crippen LogP contribution in [0.3, 0.4) is 0 Å². The molecule has 1 rings (SSSR count). The summed E-state index contributed by atoms with van der Waals surface area (Å²) in [7, 11) is 0. The van der Waals surface area contributed by atoms with Gasteiger partial charge in [0.1, 0.15) is 0 Å². The van der Waals surface area contributed by atoms with E-state index in [1.807, 2.05) is 13.8 Å². The number of carbonyl (C=O) groups is 2. The summed E-state index contributed by atoms with van der Waals surface area (Å²) < 4.78 is 40.7. The van der Waals surface area contributed by atoms with E-state index < -0.39 is 18.0 Å². The second-order valence-corrected chi connectivity index (χ2v) is 5.17. The van der Waals surface area contributed by atoms with E-state index in [0.29, 0.717) is 6.42 Å². The Labute approximate surface area is 132 Å². The van der Waals surface area contributed by atoms with E-state index in [-0.39, 0.29) is 30.5 Å². The predicted octanol–water partition coefficient (Wildman–Crippen LogP) is 3.22. The number of halogens is 3. The largest absolute Gasteiger partial charge is 0.573 e. The Hall–Kier alpha value is -2.25. The van der Waals surface area contributed by atoms with Crippen LogP contribution in [0.5, 0.6) is 5.75 Å². The Bertz CT molecular complexity index is 545. The van der Waals surface area contributed by atoms with Crippen LogP contribution in [-0.2, 0) is 9.59 Å². The van der Waals surface area contributed by atoms with Gasteiger partial charge in [0.2, 0.25) is 11.8 Å². The van der Waals surface area contributed by atoms with Crippen LogP contribution < -0.4 is 15.4 Å². The first-order chi connectivity index (χ1) is 10.7. The molecule has 5 nitrogen and oxygen atoms in total. The monoisotopic (exact) mass is 332 g/mol. The molecule has 0 spiro atoms. The van der Waals surface area contributed by atoms with Crippen molar-refractivity contribution in [2.24, 2.45) is 0 Å². The zero-order valence-electron chi connectivity index (χ0n) is 12.9. The summed E-state index contributed by atoms with van der Waals surface area (Å²) in [6.45, 7) is 3.64. The molecule has 0 aliphatic heterocycles. The number of hydrogen-bond donors (Lipinski definition) is 2. The first-order valence-corrected chi connectivity index (χ1v) is 7.11. The normalized spacial score (nSPS) is 11.2. The number of para-hydroxylation sites is 2. The van der Waals surface area contributed by atoms with E-state index in [0.717, 1.165) is 6.07 Å². The van der Waals surface area contributed by atoms with Crippen molar-refractivity contribution in [3.8, 4) is 5.75 Å². The highest BCUT2D eigenvalue weighted by Gasteiger charge is 2.32. The number of anilines is 1. The van der Waals surface area contributed by atoms with Gasteiger partial charge in [-0.25, -0.2) is 0 Å². The molecule has 0 atom stereocenters. The van der Waals surface area contributed by atoms with Gasteiger partial charge in [-0.15, -0.1) is 13.2 Å². The van der Waals surface area contributed by atoms with Crippen LogP contribution in [0.25, 0.3) is 0 Å². The van der Waals surface area contributed by atoms with E-state index in [4.69, 9.17) is 0 Å². The van der Waals surface area contributed by atoms with Crippen LogP contribution in [0.1, 0.15) is 33.1 Å². The van der Waals surface area contributed by atoms with Crippen molar-refractivity contribution >= 4 is 17.5 Å². The van der Waals surface area contributed by atoms with Crippen LogP contribution in [0.4, 0.5) is 18.9 Å². The standard InChI is InChI=1S/C15H19F3N2O3/c1-10(2)19-13(21)8-5-9-14(22)20-11-6-3-4-7-12(11)23-15(16,17)18/h3-4,6-7,10H,5,8-9H2,1-2H3,(H,19,21)(H,20,22). The molecule has 0 unspecified atom stereocenters. The van der Waals surface area contributed by atoms with Gasteiger partial charge in [0.25, 0.3) is 0 Å². The van der Waals surface area contributed by atoms with Crippen molar-refractivity contribution in [2.75, 3.05) is 5.32 Å². The van der Waals surface area contributed by atoms with Gasteiger partial charge in [-0.05, 0) is 32.4 Å². The summed E-state index contributed by atoms with van der Waals surface area (Å²) in [4.78, 5) is 23.2.